The van der Waals surface area contributed by atoms with Crippen LogP contribution in [0.5, 0.6) is 0 Å². The number of β-amino-alcohol motifs (C(OH)–C–C–N with tert-alkyl or cyclic N) is 1. The third-order valence-corrected chi connectivity index (χ3v) is 1.95. The maximum absolute atomic E-state index is 11.2. The fourth-order valence-corrected chi connectivity index (χ4v) is 1.36. The summed E-state index contributed by atoms with van der Waals surface area (Å²) in [4.78, 5) is 11.2. The Kier molecular flexibility index (Phi) is 3.49. The highest BCUT2D eigenvalue weighted by Crippen LogP contribution is 2.11. The van der Waals surface area contributed by atoms with E-state index < -0.39 is 6.10 Å². The number of piperidine rings is 1. The van der Waals surface area contributed by atoms with E-state index in [-0.39, 0.29) is 11.9 Å². The maximum atomic E-state index is 11.2. The molecule has 1 aliphatic heterocycles. The third-order valence-electron chi connectivity index (χ3n) is 1.95. The zero-order chi connectivity index (χ0) is 8.97. The van der Waals surface area contributed by atoms with Crippen LogP contribution in [-0.4, -0.2) is 36.9 Å². The van der Waals surface area contributed by atoms with Gasteiger partial charge in [0.2, 0.25) is 0 Å². The number of ether oxygens (including phenoxy) is 1. The molecule has 0 spiro atoms. The van der Waals surface area contributed by atoms with E-state index in [4.69, 9.17) is 4.74 Å². The number of aliphatic hydroxyl groups is 1. The fourth-order valence-electron chi connectivity index (χ4n) is 1.36. The Bertz CT molecular complexity index is 160. The normalized spacial score (nSPS) is 29.8. The van der Waals surface area contributed by atoms with Crippen LogP contribution >= 0.6 is 0 Å². The molecule has 1 rings (SSSR count). The van der Waals surface area contributed by atoms with Crippen molar-refractivity contribution in [1.29, 1.82) is 0 Å². The summed E-state index contributed by atoms with van der Waals surface area (Å²) in [5.41, 5.74) is 0. The van der Waals surface area contributed by atoms with Crippen LogP contribution in [0, 0.1) is 5.92 Å². The lowest BCUT2D eigenvalue weighted by Crippen LogP contribution is -2.42. The van der Waals surface area contributed by atoms with E-state index in [0.29, 0.717) is 26.1 Å². The molecule has 12 heavy (non-hydrogen) atoms. The summed E-state index contributed by atoms with van der Waals surface area (Å²) in [7, 11) is 0. The van der Waals surface area contributed by atoms with Gasteiger partial charge in [0.15, 0.2) is 0 Å². The van der Waals surface area contributed by atoms with Gasteiger partial charge in [-0.3, -0.25) is 4.79 Å². The molecule has 0 bridgehead atoms. The maximum Gasteiger partial charge on any atom is 0.310 e. The van der Waals surface area contributed by atoms with E-state index in [1.807, 2.05) is 0 Å². The number of carbonyl (C=O) groups is 1. The molecule has 0 aliphatic carbocycles. The van der Waals surface area contributed by atoms with Crippen molar-refractivity contribution in [3.05, 3.63) is 0 Å². The van der Waals surface area contributed by atoms with Gasteiger partial charge < -0.3 is 15.2 Å². The molecule has 1 heterocycles. The predicted molar refractivity (Wildman–Crippen MR) is 43.6 cm³/mol. The van der Waals surface area contributed by atoms with Gasteiger partial charge in [-0.15, -0.1) is 0 Å². The molecule has 0 aromatic carbocycles. The first-order valence-corrected chi connectivity index (χ1v) is 4.29. The van der Waals surface area contributed by atoms with Gasteiger partial charge in [-0.05, 0) is 13.3 Å². The van der Waals surface area contributed by atoms with Crippen LogP contribution in [0.3, 0.4) is 0 Å². The number of nitrogens with one attached hydrogen (secondary N) is 1. The predicted octanol–water partition coefficient (Wildman–Crippen LogP) is -0.480. The van der Waals surface area contributed by atoms with Crippen molar-refractivity contribution in [2.45, 2.75) is 19.4 Å². The summed E-state index contributed by atoms with van der Waals surface area (Å²) >= 11 is 0. The van der Waals surface area contributed by atoms with Crippen LogP contribution in [0.2, 0.25) is 0 Å². The monoisotopic (exact) mass is 173 g/mol. The average Bonchev–Trinajstić information content (AvgIpc) is 2.05. The van der Waals surface area contributed by atoms with Gasteiger partial charge in [0.25, 0.3) is 0 Å². The lowest BCUT2D eigenvalue weighted by atomic mass is 9.98. The molecule has 70 valence electrons. The number of carbonyl (C=O) groups excluding carboxylic acids is 1. The first kappa shape index (κ1) is 9.48. The van der Waals surface area contributed by atoms with Crippen molar-refractivity contribution < 1.29 is 14.6 Å². The smallest absolute Gasteiger partial charge is 0.310 e. The Morgan fingerprint density at radius 3 is 3.00 bits per heavy atom. The summed E-state index contributed by atoms with van der Waals surface area (Å²) in [5, 5.41) is 12.2. The second kappa shape index (κ2) is 4.42. The molecule has 1 aliphatic rings. The molecule has 4 nitrogen and oxygen atoms in total. The Balaban J connectivity index is 2.35. The molecule has 1 saturated heterocycles. The van der Waals surface area contributed by atoms with Crippen LogP contribution in [0.15, 0.2) is 0 Å². The molecule has 2 N–H and O–H groups in total. The fraction of sp³-hybridized carbons (Fsp3) is 0.875. The van der Waals surface area contributed by atoms with Crippen LogP contribution in [0.25, 0.3) is 0 Å². The van der Waals surface area contributed by atoms with Gasteiger partial charge in [0.05, 0.1) is 18.6 Å². The lowest BCUT2D eigenvalue weighted by Gasteiger charge is -2.24. The van der Waals surface area contributed by atoms with Crippen molar-refractivity contribution >= 4 is 5.97 Å². The topological polar surface area (TPSA) is 58.6 Å². The first-order valence-electron chi connectivity index (χ1n) is 4.29. The molecule has 0 amide bonds. The van der Waals surface area contributed by atoms with Crippen LogP contribution < -0.4 is 5.32 Å². The quantitative estimate of drug-likeness (QED) is 0.554. The van der Waals surface area contributed by atoms with Crippen molar-refractivity contribution in [3.8, 4) is 0 Å². The molecular formula is C8H15NO3. The number of hydrogen-bond acceptors (Lipinski definition) is 4. The Morgan fingerprint density at radius 2 is 2.42 bits per heavy atom. The van der Waals surface area contributed by atoms with E-state index in [2.05, 4.69) is 5.32 Å². The van der Waals surface area contributed by atoms with E-state index in [0.717, 1.165) is 0 Å². The minimum atomic E-state index is -0.409. The van der Waals surface area contributed by atoms with Crippen molar-refractivity contribution in [2.24, 2.45) is 5.92 Å². The highest BCUT2D eigenvalue weighted by atomic mass is 16.5. The molecule has 0 radical (unpaired) electrons. The van der Waals surface area contributed by atoms with Crippen molar-refractivity contribution in [2.75, 3.05) is 19.7 Å². The summed E-state index contributed by atoms with van der Waals surface area (Å²) in [6.07, 6.45) is 0.111. The summed E-state index contributed by atoms with van der Waals surface area (Å²) in [5.74, 6) is -0.377. The molecule has 0 aromatic rings. The molecule has 1 fully saturated rings. The van der Waals surface area contributed by atoms with Gasteiger partial charge in [-0.2, -0.15) is 0 Å². The standard InChI is InChI=1S/C8H15NO3/c1-2-12-8(11)6-3-7(10)5-9-4-6/h6-7,9-10H,2-5H2,1H3/t6-,7+/m1/s1. The largest absolute Gasteiger partial charge is 0.466 e. The molecule has 0 unspecified atom stereocenters. The third kappa shape index (κ3) is 2.46. The number of esters is 1. The molecular weight excluding hydrogens is 158 g/mol. The van der Waals surface area contributed by atoms with E-state index in [1.54, 1.807) is 6.92 Å². The van der Waals surface area contributed by atoms with Gasteiger partial charge in [-0.25, -0.2) is 0 Å². The van der Waals surface area contributed by atoms with Crippen molar-refractivity contribution in [3.63, 3.8) is 0 Å². The molecule has 0 aromatic heterocycles. The molecule has 0 saturated carbocycles. The summed E-state index contributed by atoms with van der Waals surface area (Å²) < 4.78 is 4.84. The Morgan fingerprint density at radius 1 is 1.67 bits per heavy atom. The minimum Gasteiger partial charge on any atom is -0.466 e. The van der Waals surface area contributed by atoms with Crippen molar-refractivity contribution in [1.82, 2.24) is 5.32 Å². The van der Waals surface area contributed by atoms with Gasteiger partial charge >= 0.3 is 5.97 Å². The molecule has 2 atom stereocenters. The first-order chi connectivity index (χ1) is 5.74. The Labute approximate surface area is 71.9 Å². The number of aliphatic hydroxyl groups excluding tert-OH is 1. The average molecular weight is 173 g/mol. The summed E-state index contributed by atoms with van der Waals surface area (Å²) in [6, 6.07) is 0. The van der Waals surface area contributed by atoms with E-state index >= 15 is 0 Å². The zero-order valence-corrected chi connectivity index (χ0v) is 7.25. The van der Waals surface area contributed by atoms with Gasteiger partial charge in [-0.1, -0.05) is 0 Å². The highest BCUT2D eigenvalue weighted by molar-refractivity contribution is 5.72. The summed E-state index contributed by atoms with van der Waals surface area (Å²) in [6.45, 7) is 3.39. The van der Waals surface area contributed by atoms with Gasteiger partial charge in [0.1, 0.15) is 0 Å². The van der Waals surface area contributed by atoms with Crippen LogP contribution in [0.4, 0.5) is 0 Å². The molecule has 4 heteroatoms. The SMILES string of the molecule is CCOC(=O)[C@H]1CNC[C@@H](O)C1. The van der Waals surface area contributed by atoms with E-state index in [1.165, 1.54) is 0 Å². The van der Waals surface area contributed by atoms with Gasteiger partial charge in [0, 0.05) is 13.1 Å². The lowest BCUT2D eigenvalue weighted by molar-refractivity contribution is -0.149. The van der Waals surface area contributed by atoms with E-state index in [9.17, 15) is 9.90 Å². The second-order valence-corrected chi connectivity index (χ2v) is 3.00. The second-order valence-electron chi connectivity index (χ2n) is 3.00. The van der Waals surface area contributed by atoms with Crippen LogP contribution in [0.1, 0.15) is 13.3 Å². The Hall–Kier alpha value is -0.610. The number of hydrogen-bond donors (Lipinski definition) is 2. The number of rotatable bonds is 2. The zero-order valence-electron chi connectivity index (χ0n) is 7.25. The van der Waals surface area contributed by atoms with Crippen LogP contribution in [-0.2, 0) is 9.53 Å². The minimum absolute atomic E-state index is 0.173. The highest BCUT2D eigenvalue weighted by Gasteiger charge is 2.26.